The van der Waals surface area contributed by atoms with E-state index in [-0.39, 0.29) is 29.7 Å². The summed E-state index contributed by atoms with van der Waals surface area (Å²) in [5.41, 5.74) is 3.14. The van der Waals surface area contributed by atoms with Gasteiger partial charge in [0.2, 0.25) is 0 Å². The Morgan fingerprint density at radius 2 is 2.00 bits per heavy atom. The second kappa shape index (κ2) is 13.8. The van der Waals surface area contributed by atoms with Crippen LogP contribution in [0.3, 0.4) is 0 Å². The van der Waals surface area contributed by atoms with Gasteiger partial charge in [0.1, 0.15) is 5.75 Å². The van der Waals surface area contributed by atoms with Gasteiger partial charge in [-0.25, -0.2) is 0 Å². The first-order chi connectivity index (χ1) is 15.5. The van der Waals surface area contributed by atoms with E-state index in [0.29, 0.717) is 38.1 Å². The zero-order chi connectivity index (χ0) is 22.8. The normalized spacial score (nSPS) is 15.5. The Labute approximate surface area is 211 Å². The minimum Gasteiger partial charge on any atom is -0.493 e. The number of anilines is 1. The summed E-state index contributed by atoms with van der Waals surface area (Å²) in [5, 5.41) is 20.5. The van der Waals surface area contributed by atoms with Crippen LogP contribution in [0, 0.1) is 23.0 Å². The van der Waals surface area contributed by atoms with Crippen molar-refractivity contribution in [1.82, 2.24) is 10.6 Å². The molecule has 3 N–H and O–H groups in total. The van der Waals surface area contributed by atoms with Crippen LogP contribution in [0.15, 0.2) is 47.5 Å². The summed E-state index contributed by atoms with van der Waals surface area (Å²) >= 11 is 0. The van der Waals surface area contributed by atoms with Gasteiger partial charge in [0, 0.05) is 62.6 Å². The van der Waals surface area contributed by atoms with Gasteiger partial charge in [-0.3, -0.25) is 15.1 Å². The number of halogens is 1. The maximum atomic E-state index is 10.7. The minimum atomic E-state index is -0.408. The Bertz CT molecular complexity index is 918. The van der Waals surface area contributed by atoms with Crippen LogP contribution < -0.4 is 20.7 Å². The molecular weight excluding hydrogens is 537 g/mol. The molecule has 2 aromatic rings. The summed E-state index contributed by atoms with van der Waals surface area (Å²) in [6, 6.07) is 12.6. The standard InChI is InChI=1S/C23H31N5O4.HI/c1-17-3-4-19(22(13-17)32-16-18-9-12-31-15-18)14-27-23(24-2)26-11-10-25-20-5-7-21(8-6-20)28(29)30;/h3-8,13,18,25H,9-12,14-16H2,1-2H3,(H2,24,26,27);1H. The first kappa shape index (κ1) is 26.7. The molecule has 33 heavy (non-hydrogen) atoms. The van der Waals surface area contributed by atoms with Gasteiger partial charge in [-0.15, -0.1) is 24.0 Å². The van der Waals surface area contributed by atoms with Gasteiger partial charge >= 0.3 is 0 Å². The number of nitro benzene ring substituents is 1. The smallest absolute Gasteiger partial charge is 0.269 e. The van der Waals surface area contributed by atoms with Crippen LogP contribution in [-0.4, -0.2) is 50.8 Å². The number of nitrogens with one attached hydrogen (secondary N) is 3. The zero-order valence-corrected chi connectivity index (χ0v) is 21.3. The number of aliphatic imine (C=N–C) groups is 1. The maximum absolute atomic E-state index is 10.7. The molecule has 1 fully saturated rings. The first-order valence-corrected chi connectivity index (χ1v) is 10.8. The number of non-ortho nitro benzene ring substituents is 1. The molecule has 1 heterocycles. The summed E-state index contributed by atoms with van der Waals surface area (Å²) in [6.07, 6.45) is 1.05. The first-order valence-electron chi connectivity index (χ1n) is 10.8. The maximum Gasteiger partial charge on any atom is 0.269 e. The molecule has 1 unspecified atom stereocenters. The van der Waals surface area contributed by atoms with Crippen LogP contribution in [0.2, 0.25) is 0 Å². The van der Waals surface area contributed by atoms with Crippen LogP contribution >= 0.6 is 24.0 Å². The van der Waals surface area contributed by atoms with Crippen LogP contribution in [0.4, 0.5) is 11.4 Å². The van der Waals surface area contributed by atoms with Crippen molar-refractivity contribution in [3.63, 3.8) is 0 Å². The summed E-state index contributed by atoms with van der Waals surface area (Å²) in [7, 11) is 1.73. The largest absolute Gasteiger partial charge is 0.493 e. The fourth-order valence-electron chi connectivity index (χ4n) is 3.35. The predicted molar refractivity (Wildman–Crippen MR) is 141 cm³/mol. The van der Waals surface area contributed by atoms with E-state index in [0.717, 1.165) is 42.2 Å². The van der Waals surface area contributed by atoms with Crippen molar-refractivity contribution in [2.45, 2.75) is 19.9 Å². The molecule has 1 aliphatic rings. The average Bonchev–Trinajstić information content (AvgIpc) is 3.32. The highest BCUT2D eigenvalue weighted by atomic mass is 127. The van der Waals surface area contributed by atoms with E-state index in [1.807, 2.05) is 0 Å². The second-order valence-corrected chi connectivity index (χ2v) is 7.74. The van der Waals surface area contributed by atoms with Crippen molar-refractivity contribution in [3.8, 4) is 5.75 Å². The number of hydrogen-bond donors (Lipinski definition) is 3. The van der Waals surface area contributed by atoms with Gasteiger partial charge in [0.05, 0.1) is 18.1 Å². The van der Waals surface area contributed by atoms with Crippen LogP contribution in [0.25, 0.3) is 0 Å². The molecule has 1 aliphatic heterocycles. The molecule has 1 atom stereocenters. The fraction of sp³-hybridized carbons (Fsp3) is 0.435. The molecule has 0 aliphatic carbocycles. The summed E-state index contributed by atoms with van der Waals surface area (Å²) in [4.78, 5) is 14.6. The average molecular weight is 569 g/mol. The Hall–Kier alpha value is -2.60. The highest BCUT2D eigenvalue weighted by Crippen LogP contribution is 2.22. The number of benzene rings is 2. The van der Waals surface area contributed by atoms with Gasteiger partial charge in [-0.05, 0) is 37.1 Å². The predicted octanol–water partition coefficient (Wildman–Crippen LogP) is 3.71. The van der Waals surface area contributed by atoms with Gasteiger partial charge in [0.15, 0.2) is 5.96 Å². The van der Waals surface area contributed by atoms with Crippen molar-refractivity contribution in [2.75, 3.05) is 45.3 Å². The topological polar surface area (TPSA) is 110 Å². The Balaban J connectivity index is 0.00000385. The lowest BCUT2D eigenvalue weighted by Crippen LogP contribution is -2.39. The number of guanidine groups is 1. The lowest BCUT2D eigenvalue weighted by Gasteiger charge is -2.17. The van der Waals surface area contributed by atoms with E-state index in [2.05, 4.69) is 46.1 Å². The molecule has 9 nitrogen and oxygen atoms in total. The van der Waals surface area contributed by atoms with Crippen LogP contribution in [0.1, 0.15) is 17.5 Å². The van der Waals surface area contributed by atoms with Gasteiger partial charge in [-0.1, -0.05) is 12.1 Å². The number of ether oxygens (including phenoxy) is 2. The number of rotatable bonds is 10. The zero-order valence-electron chi connectivity index (χ0n) is 19.0. The molecule has 180 valence electrons. The quantitative estimate of drug-likeness (QED) is 0.1000. The molecule has 2 aromatic carbocycles. The van der Waals surface area contributed by atoms with Crippen molar-refractivity contribution in [3.05, 3.63) is 63.7 Å². The molecule has 0 spiro atoms. The third-order valence-corrected chi connectivity index (χ3v) is 5.22. The SMILES string of the molecule is CN=C(NCCNc1ccc([N+](=O)[O-])cc1)NCc1ccc(C)cc1OCC1CCOC1.I. The monoisotopic (exact) mass is 569 g/mol. The number of nitro groups is 1. The highest BCUT2D eigenvalue weighted by molar-refractivity contribution is 14.0. The van der Waals surface area contributed by atoms with E-state index < -0.39 is 4.92 Å². The summed E-state index contributed by atoms with van der Waals surface area (Å²) < 4.78 is 11.5. The molecule has 0 bridgehead atoms. The lowest BCUT2D eigenvalue weighted by atomic mass is 10.1. The summed E-state index contributed by atoms with van der Waals surface area (Å²) in [6.45, 7) is 6.17. The lowest BCUT2D eigenvalue weighted by molar-refractivity contribution is -0.384. The van der Waals surface area contributed by atoms with Crippen molar-refractivity contribution < 1.29 is 14.4 Å². The Morgan fingerprint density at radius 3 is 2.67 bits per heavy atom. The molecule has 0 radical (unpaired) electrons. The van der Waals surface area contributed by atoms with E-state index in [1.165, 1.54) is 12.1 Å². The minimum absolute atomic E-state index is 0. The molecule has 0 saturated carbocycles. The van der Waals surface area contributed by atoms with Crippen molar-refractivity contribution in [1.29, 1.82) is 0 Å². The molecular formula is C23H32IN5O4. The van der Waals surface area contributed by atoms with Crippen molar-refractivity contribution in [2.24, 2.45) is 10.9 Å². The van der Waals surface area contributed by atoms with Gasteiger partial charge in [0.25, 0.3) is 5.69 Å². The van der Waals surface area contributed by atoms with E-state index >= 15 is 0 Å². The van der Waals surface area contributed by atoms with Gasteiger partial charge in [-0.2, -0.15) is 0 Å². The van der Waals surface area contributed by atoms with Crippen molar-refractivity contribution >= 4 is 41.3 Å². The fourth-order valence-corrected chi connectivity index (χ4v) is 3.35. The molecule has 1 saturated heterocycles. The Morgan fingerprint density at radius 1 is 1.21 bits per heavy atom. The number of hydrogen-bond acceptors (Lipinski definition) is 6. The van der Waals surface area contributed by atoms with Crippen LogP contribution in [0.5, 0.6) is 5.75 Å². The number of nitrogens with zero attached hydrogens (tertiary/aromatic N) is 2. The van der Waals surface area contributed by atoms with E-state index in [9.17, 15) is 10.1 Å². The molecule has 10 heteroatoms. The van der Waals surface area contributed by atoms with Crippen LogP contribution in [-0.2, 0) is 11.3 Å². The third kappa shape index (κ3) is 8.69. The number of aryl methyl sites for hydroxylation is 1. The second-order valence-electron chi connectivity index (χ2n) is 7.74. The third-order valence-electron chi connectivity index (χ3n) is 5.22. The Kier molecular flexibility index (Phi) is 11.2. The molecule has 0 amide bonds. The van der Waals surface area contributed by atoms with E-state index in [1.54, 1.807) is 19.2 Å². The van der Waals surface area contributed by atoms with E-state index in [4.69, 9.17) is 9.47 Å². The molecule has 0 aromatic heterocycles. The van der Waals surface area contributed by atoms with Gasteiger partial charge < -0.3 is 25.4 Å². The summed E-state index contributed by atoms with van der Waals surface area (Å²) in [5.74, 6) is 2.03. The highest BCUT2D eigenvalue weighted by Gasteiger charge is 2.17. The molecule has 3 rings (SSSR count).